The Morgan fingerprint density at radius 2 is 2.11 bits per heavy atom. The maximum atomic E-state index is 11.7. The van der Waals surface area contributed by atoms with E-state index in [2.05, 4.69) is 4.98 Å². The molecule has 2 aromatic heterocycles. The first-order chi connectivity index (χ1) is 8.52. The van der Waals surface area contributed by atoms with Gasteiger partial charge in [0.2, 0.25) is 0 Å². The van der Waals surface area contributed by atoms with Gasteiger partial charge in [-0.25, -0.2) is 4.98 Å². The van der Waals surface area contributed by atoms with Gasteiger partial charge < -0.3 is 4.57 Å². The first-order valence-electron chi connectivity index (χ1n) is 5.86. The average Bonchev–Trinajstić information content (AvgIpc) is 2.35. The van der Waals surface area contributed by atoms with E-state index in [1.807, 2.05) is 32.2 Å². The first-order valence-corrected chi connectivity index (χ1v) is 6.23. The number of nitrogens with zero attached hydrogens (tertiary/aromatic N) is 2. The molecule has 3 nitrogen and oxygen atoms in total. The molecule has 2 aromatic rings. The molecule has 0 bridgehead atoms. The van der Waals surface area contributed by atoms with Crippen LogP contribution in [0.1, 0.15) is 18.2 Å². The number of aromatic nitrogens is 2. The van der Waals surface area contributed by atoms with Crippen LogP contribution in [0.25, 0.3) is 11.1 Å². The summed E-state index contributed by atoms with van der Waals surface area (Å²) in [5.41, 5.74) is 3.72. The minimum atomic E-state index is 0.0266. The molecule has 0 N–H and O–H groups in total. The Bertz CT molecular complexity index is 620. The third kappa shape index (κ3) is 2.31. The molecule has 0 aromatic carbocycles. The number of pyridine rings is 2. The number of hydrogen-bond donors (Lipinski definition) is 0. The Morgan fingerprint density at radius 3 is 2.72 bits per heavy atom. The van der Waals surface area contributed by atoms with Crippen LogP contribution in [0.2, 0.25) is 5.15 Å². The summed E-state index contributed by atoms with van der Waals surface area (Å²) in [7, 11) is 1.76. The molecular formula is C14H15ClN2O. The lowest BCUT2D eigenvalue weighted by atomic mass is 10.0. The molecule has 0 aliphatic carbocycles. The Kier molecular flexibility index (Phi) is 3.53. The highest BCUT2D eigenvalue weighted by atomic mass is 35.5. The lowest BCUT2D eigenvalue weighted by Crippen LogP contribution is -2.18. The highest BCUT2D eigenvalue weighted by Gasteiger charge is 2.08. The molecule has 0 radical (unpaired) electrons. The molecule has 4 heteroatoms. The highest BCUT2D eigenvalue weighted by Crippen LogP contribution is 2.24. The van der Waals surface area contributed by atoms with Crippen molar-refractivity contribution < 1.29 is 0 Å². The zero-order valence-corrected chi connectivity index (χ0v) is 11.5. The molecule has 0 fully saturated rings. The third-order valence-electron chi connectivity index (χ3n) is 2.95. The molecule has 0 amide bonds. The van der Waals surface area contributed by atoms with Gasteiger partial charge in [0.15, 0.2) is 0 Å². The van der Waals surface area contributed by atoms with Crippen molar-refractivity contribution in [3.05, 3.63) is 51.2 Å². The van der Waals surface area contributed by atoms with Gasteiger partial charge in [-0.1, -0.05) is 18.5 Å². The van der Waals surface area contributed by atoms with Crippen molar-refractivity contribution in [3.63, 3.8) is 0 Å². The molecule has 0 atom stereocenters. The van der Waals surface area contributed by atoms with Crippen LogP contribution in [0.3, 0.4) is 0 Å². The zero-order valence-electron chi connectivity index (χ0n) is 10.7. The van der Waals surface area contributed by atoms with Crippen molar-refractivity contribution in [2.24, 2.45) is 7.05 Å². The van der Waals surface area contributed by atoms with Gasteiger partial charge in [-0.3, -0.25) is 4.79 Å². The van der Waals surface area contributed by atoms with Crippen LogP contribution in [-0.4, -0.2) is 9.55 Å². The molecule has 0 saturated heterocycles. The molecule has 0 unspecified atom stereocenters. The summed E-state index contributed by atoms with van der Waals surface area (Å²) in [5, 5.41) is 0.497. The topological polar surface area (TPSA) is 34.9 Å². The van der Waals surface area contributed by atoms with Gasteiger partial charge in [0.1, 0.15) is 5.15 Å². The first kappa shape index (κ1) is 12.8. The number of halogens is 1. The van der Waals surface area contributed by atoms with Crippen molar-refractivity contribution in [2.45, 2.75) is 20.3 Å². The van der Waals surface area contributed by atoms with Crippen molar-refractivity contribution in [1.82, 2.24) is 9.55 Å². The van der Waals surface area contributed by atoms with Crippen LogP contribution in [-0.2, 0) is 13.5 Å². The molecular weight excluding hydrogens is 248 g/mol. The second-order valence-electron chi connectivity index (χ2n) is 4.31. The Morgan fingerprint density at radius 1 is 1.39 bits per heavy atom. The Balaban J connectivity index is 2.65. The van der Waals surface area contributed by atoms with E-state index >= 15 is 0 Å². The lowest BCUT2D eigenvalue weighted by molar-refractivity contribution is 0.850. The summed E-state index contributed by atoms with van der Waals surface area (Å²) in [4.78, 5) is 16.0. The standard InChI is InChI=1S/C14H15ClN2O/c1-4-12-11(5-6-13(15)16-12)10-7-9(2)14(18)17(3)8-10/h5-8H,4H2,1-3H3. The maximum absolute atomic E-state index is 11.7. The van der Waals surface area contributed by atoms with Gasteiger partial charge >= 0.3 is 0 Å². The van der Waals surface area contributed by atoms with Crippen molar-refractivity contribution in [2.75, 3.05) is 0 Å². The van der Waals surface area contributed by atoms with Gasteiger partial charge in [-0.15, -0.1) is 0 Å². The fourth-order valence-electron chi connectivity index (χ4n) is 2.03. The average molecular weight is 263 g/mol. The molecule has 2 heterocycles. The SMILES string of the molecule is CCc1nc(Cl)ccc1-c1cc(C)c(=O)n(C)c1. The summed E-state index contributed by atoms with van der Waals surface area (Å²) < 4.78 is 1.60. The van der Waals surface area contributed by atoms with Gasteiger partial charge in [0, 0.05) is 35.6 Å². The van der Waals surface area contributed by atoms with Gasteiger partial charge in [0.05, 0.1) is 0 Å². The van der Waals surface area contributed by atoms with Crippen LogP contribution < -0.4 is 5.56 Å². The monoisotopic (exact) mass is 262 g/mol. The summed E-state index contributed by atoms with van der Waals surface area (Å²) in [6.45, 7) is 3.86. The molecule has 2 rings (SSSR count). The quantitative estimate of drug-likeness (QED) is 0.780. The number of rotatable bonds is 2. The minimum Gasteiger partial charge on any atom is -0.318 e. The lowest BCUT2D eigenvalue weighted by Gasteiger charge is -2.10. The minimum absolute atomic E-state index is 0.0266. The Labute approximate surface area is 111 Å². The van der Waals surface area contributed by atoms with Crippen LogP contribution >= 0.6 is 11.6 Å². The molecule has 18 heavy (non-hydrogen) atoms. The van der Waals surface area contributed by atoms with Crippen molar-refractivity contribution in [3.8, 4) is 11.1 Å². The van der Waals surface area contributed by atoms with Crippen LogP contribution in [0.15, 0.2) is 29.2 Å². The fourth-order valence-corrected chi connectivity index (χ4v) is 2.20. The zero-order chi connectivity index (χ0) is 13.3. The van der Waals surface area contributed by atoms with Crippen molar-refractivity contribution in [1.29, 1.82) is 0 Å². The normalized spacial score (nSPS) is 10.7. The summed E-state index contributed by atoms with van der Waals surface area (Å²) in [5.74, 6) is 0. The second-order valence-corrected chi connectivity index (χ2v) is 4.70. The van der Waals surface area contributed by atoms with Crippen molar-refractivity contribution >= 4 is 11.6 Å². The van der Waals surface area contributed by atoms with Crippen LogP contribution in [0, 0.1) is 6.92 Å². The van der Waals surface area contributed by atoms with Gasteiger partial charge in [-0.2, -0.15) is 0 Å². The second kappa shape index (κ2) is 4.94. The van der Waals surface area contributed by atoms with Gasteiger partial charge in [0.25, 0.3) is 5.56 Å². The molecule has 0 spiro atoms. The summed E-state index contributed by atoms with van der Waals surface area (Å²) >= 11 is 5.90. The Hall–Kier alpha value is -1.61. The fraction of sp³-hybridized carbons (Fsp3) is 0.286. The summed E-state index contributed by atoms with van der Waals surface area (Å²) in [6, 6.07) is 5.62. The van der Waals surface area contributed by atoms with E-state index in [1.54, 1.807) is 17.7 Å². The summed E-state index contributed by atoms with van der Waals surface area (Å²) in [6.07, 6.45) is 2.64. The van der Waals surface area contributed by atoms with Crippen LogP contribution in [0.5, 0.6) is 0 Å². The molecule has 94 valence electrons. The predicted octanol–water partition coefficient (Wildman–Crippen LogP) is 2.97. The third-order valence-corrected chi connectivity index (χ3v) is 3.16. The smallest absolute Gasteiger partial charge is 0.253 e. The van der Waals surface area contributed by atoms with E-state index < -0.39 is 0 Å². The van der Waals surface area contributed by atoms with E-state index in [-0.39, 0.29) is 5.56 Å². The molecule has 0 aliphatic heterocycles. The predicted molar refractivity (Wildman–Crippen MR) is 74.0 cm³/mol. The van der Waals surface area contributed by atoms with E-state index in [0.29, 0.717) is 5.15 Å². The largest absolute Gasteiger partial charge is 0.318 e. The number of aryl methyl sites for hydroxylation is 3. The van der Waals surface area contributed by atoms with Crippen LogP contribution in [0.4, 0.5) is 0 Å². The molecule has 0 saturated carbocycles. The highest BCUT2D eigenvalue weighted by molar-refractivity contribution is 6.29. The van der Waals surface area contributed by atoms with E-state index in [4.69, 9.17) is 11.6 Å². The maximum Gasteiger partial charge on any atom is 0.253 e. The van der Waals surface area contributed by atoms with E-state index in [9.17, 15) is 4.79 Å². The number of hydrogen-bond acceptors (Lipinski definition) is 2. The van der Waals surface area contributed by atoms with E-state index in [0.717, 1.165) is 28.8 Å². The van der Waals surface area contributed by atoms with E-state index in [1.165, 1.54) is 0 Å². The molecule has 0 aliphatic rings. The van der Waals surface area contributed by atoms with Gasteiger partial charge in [-0.05, 0) is 31.5 Å².